The fourth-order valence-electron chi connectivity index (χ4n) is 1.96. The van der Waals surface area contributed by atoms with Crippen LogP contribution in [0.3, 0.4) is 0 Å². The Morgan fingerprint density at radius 1 is 1.23 bits per heavy atom. The van der Waals surface area contributed by atoms with Crippen molar-refractivity contribution in [2.45, 2.75) is 19.9 Å². The van der Waals surface area contributed by atoms with Gasteiger partial charge in [0.15, 0.2) is 10.8 Å². The number of nitrogens with zero attached hydrogens (tertiary/aromatic N) is 2. The first-order valence-corrected chi connectivity index (χ1v) is 7.16. The summed E-state index contributed by atoms with van der Waals surface area (Å²) < 4.78 is 1.30. The van der Waals surface area contributed by atoms with Gasteiger partial charge in [-0.1, -0.05) is 18.2 Å². The summed E-state index contributed by atoms with van der Waals surface area (Å²) in [6.07, 6.45) is 0. The lowest BCUT2D eigenvalue weighted by atomic mass is 10.1. The molecule has 3 N–H and O–H groups in total. The number of amides is 1. The zero-order valence-electron chi connectivity index (χ0n) is 12.5. The second-order valence-electron chi connectivity index (χ2n) is 4.90. The molecule has 2 aromatic rings. The Balaban J connectivity index is 2.53. The summed E-state index contributed by atoms with van der Waals surface area (Å²) in [5, 5.41) is 8.09. The third kappa shape index (κ3) is 3.06. The maximum Gasteiger partial charge on any atom is 0.290 e. The second-order valence-corrected chi connectivity index (χ2v) is 5.30. The van der Waals surface area contributed by atoms with Crippen molar-refractivity contribution in [2.24, 2.45) is 0 Å². The highest BCUT2D eigenvalue weighted by molar-refractivity contribution is 7.80. The number of hydrazine groups is 1. The van der Waals surface area contributed by atoms with E-state index in [-0.39, 0.29) is 22.4 Å². The van der Waals surface area contributed by atoms with Crippen LogP contribution in [0.15, 0.2) is 29.1 Å². The van der Waals surface area contributed by atoms with Crippen LogP contribution in [0.1, 0.15) is 30.4 Å². The van der Waals surface area contributed by atoms with E-state index in [0.717, 1.165) is 0 Å². The van der Waals surface area contributed by atoms with Gasteiger partial charge in [-0.25, -0.2) is 4.68 Å². The van der Waals surface area contributed by atoms with E-state index in [1.165, 1.54) is 4.68 Å². The molecule has 0 saturated carbocycles. The van der Waals surface area contributed by atoms with Gasteiger partial charge in [-0.3, -0.25) is 20.4 Å². The van der Waals surface area contributed by atoms with Gasteiger partial charge in [0.2, 0.25) is 0 Å². The number of nitrogens with one attached hydrogen (secondary N) is 3. The van der Waals surface area contributed by atoms with Crippen LogP contribution >= 0.6 is 12.2 Å². The van der Waals surface area contributed by atoms with Crippen LogP contribution in [0.5, 0.6) is 0 Å². The van der Waals surface area contributed by atoms with Gasteiger partial charge in [0.1, 0.15) is 0 Å². The Morgan fingerprint density at radius 2 is 1.86 bits per heavy atom. The summed E-state index contributed by atoms with van der Waals surface area (Å²) in [5.74, 6) is -0.469. The Hall–Kier alpha value is -2.48. The standard InChI is InChI=1S/C14H17N5O2S/c1-8(2)19-13(21)10-7-5-4-6-9(10)11(18-19)12(20)16-17-14(22)15-3/h4-8H,1-3H3,(H,16,20)(H2,15,17,22). The molecule has 0 fully saturated rings. The summed E-state index contributed by atoms with van der Waals surface area (Å²) in [4.78, 5) is 24.7. The second kappa shape index (κ2) is 6.52. The fourth-order valence-corrected chi connectivity index (χ4v) is 2.01. The highest BCUT2D eigenvalue weighted by atomic mass is 32.1. The molecule has 116 valence electrons. The van der Waals surface area contributed by atoms with Gasteiger partial charge >= 0.3 is 0 Å². The number of fused-ring (bicyclic) bond motifs is 1. The van der Waals surface area contributed by atoms with Crippen molar-refractivity contribution in [1.29, 1.82) is 0 Å². The first kappa shape index (κ1) is 15.9. The third-order valence-corrected chi connectivity index (χ3v) is 3.36. The number of hydrogen-bond donors (Lipinski definition) is 3. The van der Waals surface area contributed by atoms with E-state index in [1.54, 1.807) is 31.3 Å². The molecule has 22 heavy (non-hydrogen) atoms. The zero-order valence-corrected chi connectivity index (χ0v) is 13.3. The largest absolute Gasteiger partial charge is 0.364 e. The molecular weight excluding hydrogens is 302 g/mol. The van der Waals surface area contributed by atoms with Crippen LogP contribution in [0.25, 0.3) is 10.8 Å². The monoisotopic (exact) mass is 319 g/mol. The van der Waals surface area contributed by atoms with Crippen molar-refractivity contribution in [1.82, 2.24) is 25.9 Å². The lowest BCUT2D eigenvalue weighted by molar-refractivity contribution is 0.0938. The molecular formula is C14H17N5O2S. The quantitative estimate of drug-likeness (QED) is 0.558. The molecule has 8 heteroatoms. The van der Waals surface area contributed by atoms with Gasteiger partial charge in [0, 0.05) is 12.4 Å². The van der Waals surface area contributed by atoms with Gasteiger partial charge in [-0.2, -0.15) is 5.10 Å². The Labute approximate surface area is 132 Å². The third-order valence-electron chi connectivity index (χ3n) is 3.05. The van der Waals surface area contributed by atoms with E-state index < -0.39 is 5.91 Å². The van der Waals surface area contributed by atoms with E-state index >= 15 is 0 Å². The molecule has 0 saturated heterocycles. The molecule has 1 amide bonds. The molecule has 0 aliphatic rings. The number of rotatable bonds is 2. The van der Waals surface area contributed by atoms with E-state index in [2.05, 4.69) is 21.3 Å². The van der Waals surface area contributed by atoms with Crippen LogP contribution < -0.4 is 21.7 Å². The summed E-state index contributed by atoms with van der Waals surface area (Å²) >= 11 is 4.90. The molecule has 0 bridgehead atoms. The molecule has 0 aliphatic carbocycles. The van der Waals surface area contributed by atoms with E-state index in [1.807, 2.05) is 13.8 Å². The van der Waals surface area contributed by atoms with Crippen LogP contribution in [0.2, 0.25) is 0 Å². The molecule has 0 unspecified atom stereocenters. The predicted octanol–water partition coefficient (Wildman–Crippen LogP) is 0.716. The Kier molecular flexibility index (Phi) is 4.71. The molecule has 0 radical (unpaired) electrons. The number of aromatic nitrogens is 2. The fraction of sp³-hybridized carbons (Fsp3) is 0.286. The maximum atomic E-state index is 12.4. The highest BCUT2D eigenvalue weighted by Crippen LogP contribution is 2.14. The SMILES string of the molecule is CNC(=S)NNC(=O)c1nn(C(C)C)c(=O)c2ccccc12. The van der Waals surface area contributed by atoms with Crippen molar-refractivity contribution in [3.8, 4) is 0 Å². The van der Waals surface area contributed by atoms with E-state index in [0.29, 0.717) is 10.8 Å². The summed E-state index contributed by atoms with van der Waals surface area (Å²) in [6, 6.07) is 6.73. The molecule has 0 spiro atoms. The summed E-state index contributed by atoms with van der Waals surface area (Å²) in [5.41, 5.74) is 4.95. The maximum absolute atomic E-state index is 12.4. The van der Waals surface area contributed by atoms with Gasteiger partial charge in [-0.15, -0.1) is 0 Å². The molecule has 1 aromatic carbocycles. The van der Waals surface area contributed by atoms with Crippen molar-refractivity contribution < 1.29 is 4.79 Å². The predicted molar refractivity (Wildman–Crippen MR) is 88.6 cm³/mol. The minimum absolute atomic E-state index is 0.157. The first-order chi connectivity index (χ1) is 10.5. The summed E-state index contributed by atoms with van der Waals surface area (Å²) in [7, 11) is 1.63. The van der Waals surface area contributed by atoms with Crippen molar-refractivity contribution in [3.63, 3.8) is 0 Å². The smallest absolute Gasteiger partial charge is 0.290 e. The number of hydrogen-bond acceptors (Lipinski definition) is 4. The molecule has 7 nitrogen and oxygen atoms in total. The van der Waals surface area contributed by atoms with Crippen LogP contribution in [0, 0.1) is 0 Å². The lowest BCUT2D eigenvalue weighted by Gasteiger charge is -2.14. The van der Waals surface area contributed by atoms with Crippen LogP contribution in [-0.4, -0.2) is 27.8 Å². The van der Waals surface area contributed by atoms with Gasteiger partial charge < -0.3 is 5.32 Å². The zero-order chi connectivity index (χ0) is 16.3. The lowest BCUT2D eigenvalue weighted by Crippen LogP contribution is -2.46. The summed E-state index contributed by atoms with van der Waals surface area (Å²) in [6.45, 7) is 3.67. The molecule has 0 aliphatic heterocycles. The van der Waals surface area contributed by atoms with Gasteiger partial charge in [0.05, 0.1) is 11.4 Å². The van der Waals surface area contributed by atoms with Crippen molar-refractivity contribution >= 4 is 34.0 Å². The number of thiocarbonyl (C=S) groups is 1. The average molecular weight is 319 g/mol. The molecule has 1 heterocycles. The molecule has 0 atom stereocenters. The van der Waals surface area contributed by atoms with Crippen molar-refractivity contribution in [3.05, 3.63) is 40.3 Å². The average Bonchev–Trinajstić information content (AvgIpc) is 2.52. The normalized spacial score (nSPS) is 10.5. The molecule has 2 rings (SSSR count). The minimum atomic E-state index is -0.469. The van der Waals surface area contributed by atoms with Crippen molar-refractivity contribution in [2.75, 3.05) is 7.05 Å². The number of carbonyl (C=O) groups excluding carboxylic acids is 1. The Morgan fingerprint density at radius 3 is 2.45 bits per heavy atom. The van der Waals surface area contributed by atoms with E-state index in [9.17, 15) is 9.59 Å². The number of carbonyl (C=O) groups is 1. The van der Waals surface area contributed by atoms with Gasteiger partial charge in [-0.05, 0) is 32.1 Å². The minimum Gasteiger partial charge on any atom is -0.364 e. The topological polar surface area (TPSA) is 88.0 Å². The highest BCUT2D eigenvalue weighted by Gasteiger charge is 2.17. The number of benzene rings is 1. The van der Waals surface area contributed by atoms with Crippen LogP contribution in [0.4, 0.5) is 0 Å². The Bertz CT molecular complexity index is 784. The van der Waals surface area contributed by atoms with Gasteiger partial charge in [0.25, 0.3) is 11.5 Å². The van der Waals surface area contributed by atoms with E-state index in [4.69, 9.17) is 12.2 Å². The first-order valence-electron chi connectivity index (χ1n) is 6.75. The van der Waals surface area contributed by atoms with Crippen LogP contribution in [-0.2, 0) is 0 Å². The molecule has 1 aromatic heterocycles.